The lowest BCUT2D eigenvalue weighted by molar-refractivity contribution is -0.137. The Bertz CT molecular complexity index is 1240. The van der Waals surface area contributed by atoms with Gasteiger partial charge in [0.2, 0.25) is 5.88 Å². The molecule has 0 saturated carbocycles. The number of benzene rings is 2. The molecule has 1 heterocycles. The van der Waals surface area contributed by atoms with Crippen molar-refractivity contribution in [2.75, 3.05) is 0 Å². The van der Waals surface area contributed by atoms with Crippen molar-refractivity contribution in [3.8, 4) is 11.6 Å². The molecule has 2 aromatic carbocycles. The van der Waals surface area contributed by atoms with Gasteiger partial charge in [0.25, 0.3) is 5.56 Å². The number of para-hydroxylation sites is 1. The van der Waals surface area contributed by atoms with Gasteiger partial charge in [-0.2, -0.15) is 13.2 Å². The summed E-state index contributed by atoms with van der Waals surface area (Å²) in [6.45, 7) is 1.29. The van der Waals surface area contributed by atoms with Gasteiger partial charge in [0, 0.05) is 0 Å². The predicted octanol–water partition coefficient (Wildman–Crippen LogP) is 3.40. The Labute approximate surface area is 166 Å². The summed E-state index contributed by atoms with van der Waals surface area (Å²) in [4.78, 5) is 30.5. The van der Waals surface area contributed by atoms with Crippen LogP contribution >= 0.6 is 0 Å². The quantitative estimate of drug-likeness (QED) is 0.500. The van der Waals surface area contributed by atoms with E-state index in [4.69, 9.17) is 0 Å². The number of H-pyrrole nitrogens is 1. The fourth-order valence-electron chi connectivity index (χ4n) is 2.91. The molecule has 3 rings (SSSR count). The van der Waals surface area contributed by atoms with Gasteiger partial charge in [-0.15, -0.1) is 0 Å². The number of nitrogens with one attached hydrogen (secondary N) is 1. The second kappa shape index (κ2) is 7.97. The lowest BCUT2D eigenvalue weighted by atomic mass is 10.1. The Morgan fingerprint density at radius 1 is 1.13 bits per heavy atom. The smallest absolute Gasteiger partial charge is 0.418 e. The van der Waals surface area contributed by atoms with Gasteiger partial charge in [-0.05, 0) is 36.8 Å². The lowest BCUT2D eigenvalue weighted by Crippen LogP contribution is -2.33. The standard InChI is InChI=1S/C20H15F4N3O3/c1-11(25-10-12-5-4-6-13(21)9-12)16-17(28)26-19(30)27(18(16)29)15-8-3-2-7-14(15)20(22,23)24/h2-9,29H,10H2,1H3,(H,26,28,30). The molecule has 0 radical (unpaired) electrons. The molecule has 6 nitrogen and oxygen atoms in total. The van der Waals surface area contributed by atoms with E-state index in [1.165, 1.54) is 31.2 Å². The van der Waals surface area contributed by atoms with E-state index in [0.29, 0.717) is 10.1 Å². The van der Waals surface area contributed by atoms with Gasteiger partial charge in [0.05, 0.1) is 23.5 Å². The highest BCUT2D eigenvalue weighted by Crippen LogP contribution is 2.34. The van der Waals surface area contributed by atoms with Crippen LogP contribution in [0.15, 0.2) is 63.1 Å². The van der Waals surface area contributed by atoms with Crippen LogP contribution in [0.3, 0.4) is 0 Å². The maximum atomic E-state index is 13.4. The number of hydrogen-bond acceptors (Lipinski definition) is 4. The van der Waals surface area contributed by atoms with E-state index in [-0.39, 0.29) is 12.3 Å². The molecule has 0 aliphatic carbocycles. The predicted molar refractivity (Wildman–Crippen MR) is 102 cm³/mol. The van der Waals surface area contributed by atoms with Crippen LogP contribution in [0.5, 0.6) is 5.88 Å². The number of nitrogens with zero attached hydrogens (tertiary/aromatic N) is 2. The van der Waals surface area contributed by atoms with Crippen LogP contribution in [0.1, 0.15) is 23.6 Å². The highest BCUT2D eigenvalue weighted by atomic mass is 19.4. The molecule has 0 saturated heterocycles. The number of aromatic nitrogens is 2. The van der Waals surface area contributed by atoms with Crippen LogP contribution in [0, 0.1) is 5.82 Å². The maximum Gasteiger partial charge on any atom is 0.418 e. The molecule has 10 heteroatoms. The molecule has 2 N–H and O–H groups in total. The Kier molecular flexibility index (Phi) is 5.59. The van der Waals surface area contributed by atoms with Crippen LogP contribution in [-0.2, 0) is 12.7 Å². The Morgan fingerprint density at radius 2 is 1.83 bits per heavy atom. The normalized spacial score (nSPS) is 12.2. The largest absolute Gasteiger partial charge is 0.493 e. The van der Waals surface area contributed by atoms with Gasteiger partial charge >= 0.3 is 11.9 Å². The van der Waals surface area contributed by atoms with Gasteiger partial charge in [-0.3, -0.25) is 14.8 Å². The molecule has 0 bridgehead atoms. The minimum Gasteiger partial charge on any atom is -0.493 e. The van der Waals surface area contributed by atoms with Crippen LogP contribution in [0.4, 0.5) is 17.6 Å². The molecule has 156 valence electrons. The van der Waals surface area contributed by atoms with Crippen LogP contribution < -0.4 is 11.2 Å². The van der Waals surface area contributed by atoms with Crippen LogP contribution in [-0.4, -0.2) is 20.4 Å². The van der Waals surface area contributed by atoms with Crippen LogP contribution in [0.25, 0.3) is 5.69 Å². The van der Waals surface area contributed by atoms with Crippen molar-refractivity contribution in [1.29, 1.82) is 0 Å². The molecule has 3 aromatic rings. The zero-order chi connectivity index (χ0) is 22.1. The number of hydrogen-bond donors (Lipinski definition) is 2. The summed E-state index contributed by atoms with van der Waals surface area (Å²) in [7, 11) is 0. The van der Waals surface area contributed by atoms with Crippen molar-refractivity contribution < 1.29 is 22.7 Å². The minimum absolute atomic E-state index is 0.0451. The number of aromatic hydroxyl groups is 1. The summed E-state index contributed by atoms with van der Waals surface area (Å²) in [6, 6.07) is 9.64. The first-order valence-corrected chi connectivity index (χ1v) is 8.60. The van der Waals surface area contributed by atoms with Crippen molar-refractivity contribution in [3.63, 3.8) is 0 Å². The molecular formula is C20H15F4N3O3. The van der Waals surface area contributed by atoms with Gasteiger partial charge in [-0.1, -0.05) is 24.3 Å². The SMILES string of the molecule is CC(=NCc1cccc(F)c1)c1c(O)n(-c2ccccc2C(F)(F)F)c(=O)[nH]c1=O. The number of aromatic amines is 1. The van der Waals surface area contributed by atoms with E-state index >= 15 is 0 Å². The third kappa shape index (κ3) is 4.17. The van der Waals surface area contributed by atoms with Gasteiger partial charge in [0.15, 0.2) is 0 Å². The van der Waals surface area contributed by atoms with Gasteiger partial charge < -0.3 is 5.11 Å². The molecule has 0 amide bonds. The summed E-state index contributed by atoms with van der Waals surface area (Å²) in [6.07, 6.45) is -4.81. The van der Waals surface area contributed by atoms with E-state index in [1.807, 2.05) is 4.98 Å². The van der Waals surface area contributed by atoms with Crippen molar-refractivity contribution in [1.82, 2.24) is 9.55 Å². The number of aliphatic imine (C=N–C) groups is 1. The number of halogens is 4. The number of alkyl halides is 3. The van der Waals surface area contributed by atoms with E-state index in [1.54, 1.807) is 6.07 Å². The molecular weight excluding hydrogens is 406 g/mol. The fourth-order valence-corrected chi connectivity index (χ4v) is 2.91. The zero-order valence-electron chi connectivity index (χ0n) is 15.5. The molecule has 0 fully saturated rings. The average molecular weight is 421 g/mol. The summed E-state index contributed by atoms with van der Waals surface area (Å²) in [5, 5.41) is 10.5. The minimum atomic E-state index is -4.81. The zero-order valence-corrected chi connectivity index (χ0v) is 15.5. The van der Waals surface area contributed by atoms with Crippen molar-refractivity contribution in [2.24, 2.45) is 4.99 Å². The molecule has 1 aromatic heterocycles. The summed E-state index contributed by atoms with van der Waals surface area (Å²) < 4.78 is 53.7. The van der Waals surface area contributed by atoms with E-state index in [9.17, 15) is 32.3 Å². The summed E-state index contributed by atoms with van der Waals surface area (Å²) in [5.74, 6) is -1.47. The third-order valence-electron chi connectivity index (χ3n) is 4.29. The third-order valence-corrected chi connectivity index (χ3v) is 4.29. The van der Waals surface area contributed by atoms with Crippen molar-refractivity contribution in [2.45, 2.75) is 19.6 Å². The van der Waals surface area contributed by atoms with Crippen molar-refractivity contribution in [3.05, 3.63) is 91.9 Å². The second-order valence-corrected chi connectivity index (χ2v) is 6.34. The van der Waals surface area contributed by atoms with Crippen LogP contribution in [0.2, 0.25) is 0 Å². The second-order valence-electron chi connectivity index (χ2n) is 6.34. The number of rotatable bonds is 4. The first-order chi connectivity index (χ1) is 14.1. The van der Waals surface area contributed by atoms with Gasteiger partial charge in [0.1, 0.15) is 11.4 Å². The van der Waals surface area contributed by atoms with E-state index in [0.717, 1.165) is 18.2 Å². The molecule has 30 heavy (non-hydrogen) atoms. The Hall–Kier alpha value is -3.69. The molecule has 0 spiro atoms. The Balaban J connectivity index is 2.15. The van der Waals surface area contributed by atoms with Gasteiger partial charge in [-0.25, -0.2) is 13.8 Å². The van der Waals surface area contributed by atoms with E-state index in [2.05, 4.69) is 4.99 Å². The highest BCUT2D eigenvalue weighted by molar-refractivity contribution is 6.00. The molecule has 0 aliphatic rings. The molecule has 0 atom stereocenters. The first kappa shape index (κ1) is 21.0. The highest BCUT2D eigenvalue weighted by Gasteiger charge is 2.35. The fraction of sp³-hybridized carbons (Fsp3) is 0.150. The molecule has 0 aliphatic heterocycles. The monoisotopic (exact) mass is 421 g/mol. The maximum absolute atomic E-state index is 13.4. The lowest BCUT2D eigenvalue weighted by Gasteiger charge is -2.16. The average Bonchev–Trinajstić information content (AvgIpc) is 2.65. The van der Waals surface area contributed by atoms with Crippen molar-refractivity contribution >= 4 is 5.71 Å². The molecule has 0 unspecified atom stereocenters. The summed E-state index contributed by atoms with van der Waals surface area (Å²) in [5.41, 5.74) is -4.12. The Morgan fingerprint density at radius 3 is 2.50 bits per heavy atom. The topological polar surface area (TPSA) is 87.4 Å². The summed E-state index contributed by atoms with van der Waals surface area (Å²) >= 11 is 0. The first-order valence-electron chi connectivity index (χ1n) is 8.60. The van der Waals surface area contributed by atoms with E-state index < -0.39 is 45.9 Å².